The van der Waals surface area contributed by atoms with E-state index in [0.29, 0.717) is 11.5 Å². The maximum absolute atomic E-state index is 13.4. The largest absolute Gasteiger partial charge is 0.494 e. The fourth-order valence-corrected chi connectivity index (χ4v) is 4.67. The molecule has 0 N–H and O–H groups in total. The number of alkyl halides is 1. The van der Waals surface area contributed by atoms with Crippen LogP contribution in [0.5, 0.6) is 5.75 Å². The number of benzene rings is 3. The molecule has 1 saturated carbocycles. The van der Waals surface area contributed by atoms with E-state index >= 15 is 0 Å². The molecule has 190 valence electrons. The summed E-state index contributed by atoms with van der Waals surface area (Å²) >= 11 is 0. The molecule has 0 bridgehead atoms. The van der Waals surface area contributed by atoms with Crippen LogP contribution in [0.3, 0.4) is 0 Å². The van der Waals surface area contributed by atoms with Gasteiger partial charge in [-0.15, -0.1) is 0 Å². The summed E-state index contributed by atoms with van der Waals surface area (Å²) in [6.07, 6.45) is 8.10. The first kappa shape index (κ1) is 28.4. The fraction of sp³-hybridized carbons (Fsp3) is 0.400. The number of aryl methyl sites for hydroxylation is 1. The zero-order valence-electron chi connectivity index (χ0n) is 20.6. The van der Waals surface area contributed by atoms with E-state index in [-0.39, 0.29) is 22.9 Å². The van der Waals surface area contributed by atoms with Crippen molar-refractivity contribution in [1.82, 2.24) is 0 Å². The third-order valence-corrected chi connectivity index (χ3v) is 6.68. The molecule has 3 aromatic rings. The second-order valence-corrected chi connectivity index (χ2v) is 9.04. The first-order valence-corrected chi connectivity index (χ1v) is 12.3. The Balaban J connectivity index is 0.000000241. The van der Waals surface area contributed by atoms with Crippen LogP contribution < -0.4 is 4.74 Å². The third-order valence-electron chi connectivity index (χ3n) is 6.68. The lowest BCUT2D eigenvalue weighted by Crippen LogP contribution is -2.13. The Morgan fingerprint density at radius 1 is 0.829 bits per heavy atom. The van der Waals surface area contributed by atoms with Gasteiger partial charge < -0.3 is 4.74 Å². The number of hydrogen-bond donors (Lipinski definition) is 0. The van der Waals surface area contributed by atoms with Crippen LogP contribution in [0.25, 0.3) is 11.1 Å². The van der Waals surface area contributed by atoms with Crippen LogP contribution in [0.15, 0.2) is 66.7 Å². The summed E-state index contributed by atoms with van der Waals surface area (Å²) in [5.41, 5.74) is 4.40. The number of rotatable bonds is 7. The molecule has 0 aromatic heterocycles. The molecule has 1 aliphatic rings. The SMILES string of the molecule is CCCc1ccc(C2CCC(CCF)CC2)cc1.COc1ccc(-c2ccc(F)cc2)cc1F.F. The van der Waals surface area contributed by atoms with Crippen LogP contribution in [0.2, 0.25) is 0 Å². The zero-order chi connectivity index (χ0) is 24.3. The van der Waals surface area contributed by atoms with Gasteiger partial charge in [-0.05, 0) is 96.9 Å². The molecule has 0 spiro atoms. The Bertz CT molecular complexity index is 994. The smallest absolute Gasteiger partial charge is 0.165 e. The van der Waals surface area contributed by atoms with Gasteiger partial charge in [0, 0.05) is 0 Å². The number of hydrogen-bond acceptors (Lipinski definition) is 1. The lowest BCUT2D eigenvalue weighted by atomic mass is 9.77. The summed E-state index contributed by atoms with van der Waals surface area (Å²) in [4.78, 5) is 0. The molecule has 35 heavy (non-hydrogen) atoms. The molecule has 0 heterocycles. The highest BCUT2D eigenvalue weighted by Gasteiger charge is 2.21. The molecule has 5 heteroatoms. The second kappa shape index (κ2) is 14.6. The monoisotopic (exact) mass is 488 g/mol. The summed E-state index contributed by atoms with van der Waals surface area (Å²) in [7, 11) is 1.41. The van der Waals surface area contributed by atoms with Gasteiger partial charge in [-0.1, -0.05) is 55.8 Å². The molecule has 3 aromatic carbocycles. The summed E-state index contributed by atoms with van der Waals surface area (Å²) in [5.74, 6) is 0.829. The van der Waals surface area contributed by atoms with Gasteiger partial charge in [0.2, 0.25) is 0 Å². The molecule has 1 fully saturated rings. The zero-order valence-corrected chi connectivity index (χ0v) is 20.6. The van der Waals surface area contributed by atoms with Crippen molar-refractivity contribution in [3.8, 4) is 16.9 Å². The molecular weight excluding hydrogens is 452 g/mol. The van der Waals surface area contributed by atoms with Gasteiger partial charge in [0.1, 0.15) is 5.82 Å². The van der Waals surface area contributed by atoms with Crippen molar-refractivity contribution in [3.63, 3.8) is 0 Å². The molecule has 0 unspecified atom stereocenters. The predicted molar refractivity (Wildman–Crippen MR) is 137 cm³/mol. The highest BCUT2D eigenvalue weighted by atomic mass is 19.1. The number of methoxy groups -OCH3 is 1. The topological polar surface area (TPSA) is 9.23 Å². The summed E-state index contributed by atoms with van der Waals surface area (Å²) in [5, 5.41) is 0. The van der Waals surface area contributed by atoms with Crippen LogP contribution in [0.1, 0.15) is 62.5 Å². The van der Waals surface area contributed by atoms with E-state index in [1.807, 2.05) is 0 Å². The second-order valence-electron chi connectivity index (χ2n) is 9.04. The summed E-state index contributed by atoms with van der Waals surface area (Å²) in [6.45, 7) is 2.08. The maximum Gasteiger partial charge on any atom is 0.165 e. The maximum atomic E-state index is 13.4. The molecule has 1 nitrogen and oxygen atoms in total. The van der Waals surface area contributed by atoms with Crippen LogP contribution in [0.4, 0.5) is 17.9 Å². The minimum atomic E-state index is -0.427. The van der Waals surface area contributed by atoms with Crippen molar-refractivity contribution >= 4 is 0 Å². The Hall–Kier alpha value is -2.82. The molecule has 1 aliphatic carbocycles. The lowest BCUT2D eigenvalue weighted by molar-refractivity contribution is 0.283. The van der Waals surface area contributed by atoms with Crippen LogP contribution in [-0.2, 0) is 6.42 Å². The van der Waals surface area contributed by atoms with Crippen LogP contribution in [0, 0.1) is 17.6 Å². The van der Waals surface area contributed by atoms with Crippen molar-refractivity contribution < 1.29 is 22.6 Å². The molecule has 4 rings (SSSR count). The van der Waals surface area contributed by atoms with E-state index in [2.05, 4.69) is 31.2 Å². The Kier molecular flexibility index (Phi) is 11.8. The lowest BCUT2D eigenvalue weighted by Gasteiger charge is -2.28. The van der Waals surface area contributed by atoms with E-state index in [4.69, 9.17) is 4.74 Å². The Morgan fingerprint density at radius 3 is 2.00 bits per heavy atom. The van der Waals surface area contributed by atoms with Gasteiger partial charge in [0.05, 0.1) is 13.8 Å². The highest BCUT2D eigenvalue weighted by molar-refractivity contribution is 5.64. The average Bonchev–Trinajstić information content (AvgIpc) is 2.86. The Labute approximate surface area is 206 Å². The van der Waals surface area contributed by atoms with Crippen LogP contribution in [-0.4, -0.2) is 13.8 Å². The van der Waals surface area contributed by atoms with Crippen LogP contribution >= 0.6 is 0 Å². The average molecular weight is 489 g/mol. The standard InChI is InChI=1S/C17H25F.C13H10F2O.FH/c1-2-3-14-4-8-16(9-5-14)17-10-6-15(7-11-17)12-13-18;1-16-13-7-4-10(8-12(13)15)9-2-5-11(14)6-3-9;/h4-5,8-9,15,17H,2-3,6-7,10-13H2,1H3;2-8H,1H3;1H. The van der Waals surface area contributed by atoms with Gasteiger partial charge >= 0.3 is 0 Å². The van der Waals surface area contributed by atoms with Crippen molar-refractivity contribution in [1.29, 1.82) is 0 Å². The summed E-state index contributed by atoms with van der Waals surface area (Å²) < 4.78 is 43.3. The number of halogens is 4. The molecule has 0 aliphatic heterocycles. The van der Waals surface area contributed by atoms with Crippen molar-refractivity contribution in [2.75, 3.05) is 13.8 Å². The first-order chi connectivity index (χ1) is 16.5. The van der Waals surface area contributed by atoms with E-state index in [1.165, 1.54) is 75.0 Å². The molecule has 0 amide bonds. The van der Waals surface area contributed by atoms with Gasteiger partial charge in [-0.25, -0.2) is 8.78 Å². The van der Waals surface area contributed by atoms with Crippen molar-refractivity contribution in [2.45, 2.75) is 57.8 Å². The van der Waals surface area contributed by atoms with Gasteiger partial charge in [-0.2, -0.15) is 0 Å². The fourth-order valence-electron chi connectivity index (χ4n) is 4.67. The van der Waals surface area contributed by atoms with E-state index in [0.717, 1.165) is 17.9 Å². The minimum Gasteiger partial charge on any atom is -0.494 e. The van der Waals surface area contributed by atoms with Crippen molar-refractivity contribution in [2.24, 2.45) is 5.92 Å². The Morgan fingerprint density at radius 2 is 1.46 bits per heavy atom. The molecule has 0 atom stereocenters. The first-order valence-electron chi connectivity index (χ1n) is 12.3. The molecular formula is C30H36F4O. The van der Waals surface area contributed by atoms with E-state index < -0.39 is 5.82 Å². The predicted octanol–water partition coefficient (Wildman–Crippen LogP) is 9.07. The molecule has 0 saturated heterocycles. The summed E-state index contributed by atoms with van der Waals surface area (Å²) in [6, 6.07) is 19.7. The van der Waals surface area contributed by atoms with Gasteiger partial charge in [0.15, 0.2) is 11.6 Å². The quantitative estimate of drug-likeness (QED) is 0.301. The third kappa shape index (κ3) is 8.41. The number of ether oxygens (including phenoxy) is 1. The molecule has 0 radical (unpaired) electrons. The van der Waals surface area contributed by atoms with Gasteiger partial charge in [0.25, 0.3) is 0 Å². The van der Waals surface area contributed by atoms with E-state index in [9.17, 15) is 13.2 Å². The van der Waals surface area contributed by atoms with Crippen molar-refractivity contribution in [3.05, 3.63) is 89.5 Å². The van der Waals surface area contributed by atoms with E-state index in [1.54, 1.807) is 24.3 Å². The van der Waals surface area contributed by atoms with Gasteiger partial charge in [-0.3, -0.25) is 9.09 Å². The minimum absolute atomic E-state index is 0. The normalized spacial score (nSPS) is 17.1. The highest BCUT2D eigenvalue weighted by Crippen LogP contribution is 2.37.